The summed E-state index contributed by atoms with van der Waals surface area (Å²) >= 11 is 0. The van der Waals surface area contributed by atoms with Crippen molar-refractivity contribution in [2.24, 2.45) is 5.73 Å². The highest BCUT2D eigenvalue weighted by atomic mass is 15.4. The summed E-state index contributed by atoms with van der Waals surface area (Å²) in [5, 5.41) is 0. The van der Waals surface area contributed by atoms with Crippen molar-refractivity contribution in [3.8, 4) is 0 Å². The van der Waals surface area contributed by atoms with Crippen LogP contribution in [0.3, 0.4) is 0 Å². The lowest BCUT2D eigenvalue weighted by Gasteiger charge is -2.29. The minimum Gasteiger partial charge on any atom is -0.328 e. The van der Waals surface area contributed by atoms with E-state index in [1.807, 2.05) is 0 Å². The molecule has 2 rings (SSSR count). The molecule has 0 atom stereocenters. The molecule has 3 N–H and O–H groups in total. The van der Waals surface area contributed by atoms with Crippen molar-refractivity contribution in [1.82, 2.24) is 4.68 Å². The zero-order valence-electron chi connectivity index (χ0n) is 9.66. The highest BCUT2D eigenvalue weighted by molar-refractivity contribution is 5.16. The Hall–Kier alpha value is -0.960. The van der Waals surface area contributed by atoms with Gasteiger partial charge in [0.05, 0.1) is 0 Å². The molecule has 0 spiro atoms. The fraction of sp³-hybridized carbons (Fsp3) is 0.667. The predicted molar refractivity (Wildman–Crippen MR) is 63.5 cm³/mol. The van der Waals surface area contributed by atoms with Gasteiger partial charge in [0, 0.05) is 23.5 Å². The third-order valence-corrected chi connectivity index (χ3v) is 3.35. The molecule has 0 radical (unpaired) electrons. The van der Waals surface area contributed by atoms with Crippen LogP contribution in [-0.4, -0.2) is 16.8 Å². The van der Waals surface area contributed by atoms with Gasteiger partial charge in [-0.2, -0.15) is 0 Å². The Balaban J connectivity index is 1.97. The molecular formula is C12H21N3. The first-order valence-corrected chi connectivity index (χ1v) is 5.84. The Morgan fingerprint density at radius 2 is 1.67 bits per heavy atom. The molecule has 1 aromatic rings. The Bertz CT molecular complexity index is 302. The van der Waals surface area contributed by atoms with Gasteiger partial charge in [-0.15, -0.1) is 0 Å². The van der Waals surface area contributed by atoms with Crippen molar-refractivity contribution in [3.63, 3.8) is 0 Å². The molecule has 0 bridgehead atoms. The number of hydrogen-bond acceptors (Lipinski definition) is 2. The molecule has 0 amide bonds. The van der Waals surface area contributed by atoms with E-state index in [1.54, 1.807) is 0 Å². The van der Waals surface area contributed by atoms with Gasteiger partial charge in [0.1, 0.15) is 0 Å². The van der Waals surface area contributed by atoms with E-state index in [4.69, 9.17) is 5.73 Å². The molecule has 1 saturated carbocycles. The van der Waals surface area contributed by atoms with Gasteiger partial charge < -0.3 is 11.2 Å². The van der Waals surface area contributed by atoms with Gasteiger partial charge in [0.2, 0.25) is 0 Å². The first kappa shape index (κ1) is 10.6. The lowest BCUT2D eigenvalue weighted by molar-refractivity contribution is 0.392. The van der Waals surface area contributed by atoms with Gasteiger partial charge in [-0.1, -0.05) is 0 Å². The molecule has 3 heteroatoms. The lowest BCUT2D eigenvalue weighted by Crippen LogP contribution is -2.36. The van der Waals surface area contributed by atoms with Gasteiger partial charge in [-0.25, -0.2) is 0 Å². The maximum absolute atomic E-state index is 5.90. The van der Waals surface area contributed by atoms with Crippen LogP contribution in [0.25, 0.3) is 0 Å². The minimum atomic E-state index is 0.426. The fourth-order valence-corrected chi connectivity index (χ4v) is 2.30. The second-order valence-electron chi connectivity index (χ2n) is 4.69. The average molecular weight is 207 g/mol. The maximum Gasteiger partial charge on any atom is 0.0425 e. The molecule has 1 fully saturated rings. The van der Waals surface area contributed by atoms with Crippen LogP contribution in [0.1, 0.15) is 37.1 Å². The van der Waals surface area contributed by atoms with Crippen molar-refractivity contribution < 1.29 is 0 Å². The second kappa shape index (κ2) is 4.27. The quantitative estimate of drug-likeness (QED) is 0.778. The molecule has 0 unspecified atom stereocenters. The molecule has 0 aliphatic heterocycles. The van der Waals surface area contributed by atoms with Gasteiger partial charge in [-0.3, -0.25) is 4.68 Å². The Labute approximate surface area is 91.6 Å². The van der Waals surface area contributed by atoms with Crippen LogP contribution < -0.4 is 11.2 Å². The van der Waals surface area contributed by atoms with Crippen molar-refractivity contribution in [1.29, 1.82) is 0 Å². The molecule has 84 valence electrons. The molecule has 1 aliphatic carbocycles. The van der Waals surface area contributed by atoms with Crippen molar-refractivity contribution >= 4 is 0 Å². The summed E-state index contributed by atoms with van der Waals surface area (Å²) in [6.45, 7) is 4.27. The summed E-state index contributed by atoms with van der Waals surface area (Å²) in [4.78, 5) is 0. The molecule has 0 saturated heterocycles. The van der Waals surface area contributed by atoms with E-state index in [-0.39, 0.29) is 0 Å². The summed E-state index contributed by atoms with van der Waals surface area (Å²) in [5.74, 6) is 0. The van der Waals surface area contributed by atoms with Gasteiger partial charge in [-0.05, 0) is 51.7 Å². The SMILES string of the molecule is Cc1ccc(C)n1NC1CCC(N)CC1. The normalized spacial score (nSPS) is 26.6. The van der Waals surface area contributed by atoms with E-state index in [2.05, 4.69) is 36.1 Å². The zero-order valence-corrected chi connectivity index (χ0v) is 9.66. The van der Waals surface area contributed by atoms with Crippen LogP contribution in [-0.2, 0) is 0 Å². The van der Waals surface area contributed by atoms with Crippen LogP contribution in [0.15, 0.2) is 12.1 Å². The summed E-state index contributed by atoms with van der Waals surface area (Å²) in [5.41, 5.74) is 12.0. The molecule has 15 heavy (non-hydrogen) atoms. The Morgan fingerprint density at radius 1 is 1.13 bits per heavy atom. The van der Waals surface area contributed by atoms with Crippen LogP contribution in [0.4, 0.5) is 0 Å². The third kappa shape index (κ3) is 2.34. The monoisotopic (exact) mass is 207 g/mol. The number of hydrogen-bond donors (Lipinski definition) is 2. The number of aromatic nitrogens is 1. The first-order chi connectivity index (χ1) is 7.16. The van der Waals surface area contributed by atoms with Crippen LogP contribution in [0, 0.1) is 13.8 Å². The van der Waals surface area contributed by atoms with Gasteiger partial charge in [0.15, 0.2) is 0 Å². The van der Waals surface area contributed by atoms with Crippen molar-refractivity contribution in [2.45, 2.75) is 51.6 Å². The van der Waals surface area contributed by atoms with Gasteiger partial charge in [0.25, 0.3) is 0 Å². The van der Waals surface area contributed by atoms with E-state index >= 15 is 0 Å². The van der Waals surface area contributed by atoms with Crippen LogP contribution in [0.2, 0.25) is 0 Å². The molecule has 3 nitrogen and oxygen atoms in total. The van der Waals surface area contributed by atoms with Crippen molar-refractivity contribution in [3.05, 3.63) is 23.5 Å². The van der Waals surface area contributed by atoms with E-state index in [1.165, 1.54) is 24.2 Å². The number of rotatable bonds is 2. The Kier molecular flexibility index (Phi) is 3.00. The highest BCUT2D eigenvalue weighted by Crippen LogP contribution is 2.18. The number of nitrogens with two attached hydrogens (primary N) is 1. The number of nitrogens with zero attached hydrogens (tertiary/aromatic N) is 1. The van der Waals surface area contributed by atoms with E-state index in [0.717, 1.165) is 12.8 Å². The molecule has 0 aromatic carbocycles. The zero-order chi connectivity index (χ0) is 10.8. The fourth-order valence-electron chi connectivity index (χ4n) is 2.30. The molecule has 1 aromatic heterocycles. The van der Waals surface area contributed by atoms with E-state index in [0.29, 0.717) is 12.1 Å². The van der Waals surface area contributed by atoms with Crippen LogP contribution in [0.5, 0.6) is 0 Å². The topological polar surface area (TPSA) is 43.0 Å². The predicted octanol–water partition coefficient (Wildman–Crippen LogP) is 1.92. The summed E-state index contributed by atoms with van der Waals surface area (Å²) < 4.78 is 2.20. The maximum atomic E-state index is 5.90. The third-order valence-electron chi connectivity index (χ3n) is 3.35. The smallest absolute Gasteiger partial charge is 0.0425 e. The van der Waals surface area contributed by atoms with Gasteiger partial charge >= 0.3 is 0 Å². The average Bonchev–Trinajstić information content (AvgIpc) is 2.53. The Morgan fingerprint density at radius 3 is 2.20 bits per heavy atom. The standard InChI is InChI=1S/C12H21N3/c1-9-3-4-10(2)15(9)14-12-7-5-11(13)6-8-12/h3-4,11-12,14H,5-8,13H2,1-2H3. The summed E-state index contributed by atoms with van der Waals surface area (Å²) in [6, 6.07) is 5.32. The van der Waals surface area contributed by atoms with Crippen molar-refractivity contribution in [2.75, 3.05) is 5.43 Å². The lowest BCUT2D eigenvalue weighted by atomic mass is 9.92. The number of aryl methyl sites for hydroxylation is 2. The summed E-state index contributed by atoms with van der Waals surface area (Å²) in [7, 11) is 0. The van der Waals surface area contributed by atoms with E-state index < -0.39 is 0 Å². The summed E-state index contributed by atoms with van der Waals surface area (Å²) in [6.07, 6.45) is 4.69. The molecule has 1 heterocycles. The minimum absolute atomic E-state index is 0.426. The molecule has 1 aliphatic rings. The second-order valence-corrected chi connectivity index (χ2v) is 4.69. The molecular weight excluding hydrogens is 186 g/mol. The first-order valence-electron chi connectivity index (χ1n) is 5.84. The number of nitrogens with one attached hydrogen (secondary N) is 1. The highest BCUT2D eigenvalue weighted by Gasteiger charge is 2.18. The largest absolute Gasteiger partial charge is 0.328 e. The van der Waals surface area contributed by atoms with E-state index in [9.17, 15) is 0 Å². The van der Waals surface area contributed by atoms with Crippen LogP contribution >= 0.6 is 0 Å².